The van der Waals surface area contributed by atoms with Gasteiger partial charge in [0.2, 0.25) is 5.78 Å². The van der Waals surface area contributed by atoms with E-state index in [-0.39, 0.29) is 12.2 Å². The lowest BCUT2D eigenvalue weighted by molar-refractivity contribution is -0.139. The Morgan fingerprint density at radius 1 is 1.23 bits per heavy atom. The van der Waals surface area contributed by atoms with Gasteiger partial charge in [-0.2, -0.15) is 0 Å². The average molecular weight is 340 g/mol. The summed E-state index contributed by atoms with van der Waals surface area (Å²) in [6.45, 7) is 2.40. The number of rotatable bonds is 5. The van der Waals surface area contributed by atoms with Crippen molar-refractivity contribution in [2.45, 2.75) is 19.9 Å². The van der Waals surface area contributed by atoms with Gasteiger partial charge >= 0.3 is 5.97 Å². The number of aromatic nitrogens is 1. The molecule has 0 aliphatic carbocycles. The minimum atomic E-state index is -0.406. The lowest BCUT2D eigenvalue weighted by Gasteiger charge is -2.10. The van der Waals surface area contributed by atoms with Crippen LogP contribution in [0.2, 0.25) is 10.0 Å². The Kier molecular flexibility index (Phi) is 5.27. The summed E-state index contributed by atoms with van der Waals surface area (Å²) in [5.74, 6) is -0.598. The van der Waals surface area contributed by atoms with E-state index in [4.69, 9.17) is 23.2 Å². The van der Waals surface area contributed by atoms with Crippen LogP contribution >= 0.6 is 23.2 Å². The summed E-state index contributed by atoms with van der Waals surface area (Å²) in [4.78, 5) is 24.1. The molecule has 0 atom stereocenters. The second kappa shape index (κ2) is 6.99. The van der Waals surface area contributed by atoms with Gasteiger partial charge in [0.25, 0.3) is 0 Å². The van der Waals surface area contributed by atoms with Gasteiger partial charge < -0.3 is 9.30 Å². The molecule has 1 aromatic heterocycles. The summed E-state index contributed by atoms with van der Waals surface area (Å²) in [5, 5.41) is 0.860. The Hall–Kier alpha value is -1.78. The first-order valence-electron chi connectivity index (χ1n) is 6.72. The summed E-state index contributed by atoms with van der Waals surface area (Å²) in [7, 11) is 1.31. The lowest BCUT2D eigenvalue weighted by Crippen LogP contribution is -2.14. The SMILES string of the molecule is CCn1c(C(=O)c2cccc(Cl)c2)cc(Cl)c1CC(=O)OC. The maximum absolute atomic E-state index is 12.6. The predicted octanol–water partition coefficient (Wildman–Crippen LogP) is 3.76. The molecule has 0 aliphatic rings. The van der Waals surface area contributed by atoms with Crippen LogP contribution in [0, 0.1) is 0 Å². The molecule has 4 nitrogen and oxygen atoms in total. The van der Waals surface area contributed by atoms with Crippen molar-refractivity contribution in [1.29, 1.82) is 0 Å². The number of hydrogen-bond donors (Lipinski definition) is 0. The zero-order chi connectivity index (χ0) is 16.3. The molecule has 1 heterocycles. The third-order valence-electron chi connectivity index (χ3n) is 3.33. The summed E-state index contributed by atoms with van der Waals surface area (Å²) in [6, 6.07) is 8.28. The molecule has 0 fully saturated rings. The first-order valence-corrected chi connectivity index (χ1v) is 7.48. The highest BCUT2D eigenvalue weighted by atomic mass is 35.5. The van der Waals surface area contributed by atoms with Crippen molar-refractivity contribution in [2.75, 3.05) is 7.11 Å². The summed E-state index contributed by atoms with van der Waals surface area (Å²) in [6.07, 6.45) is 0.0198. The minimum Gasteiger partial charge on any atom is -0.469 e. The van der Waals surface area contributed by atoms with E-state index < -0.39 is 5.97 Å². The smallest absolute Gasteiger partial charge is 0.311 e. The third-order valence-corrected chi connectivity index (χ3v) is 3.89. The summed E-state index contributed by atoms with van der Waals surface area (Å²) < 4.78 is 6.39. The highest BCUT2D eigenvalue weighted by Crippen LogP contribution is 2.25. The van der Waals surface area contributed by atoms with Crippen LogP contribution < -0.4 is 0 Å². The number of halogens is 2. The van der Waals surface area contributed by atoms with E-state index in [0.29, 0.717) is 33.5 Å². The predicted molar refractivity (Wildman–Crippen MR) is 85.7 cm³/mol. The van der Waals surface area contributed by atoms with Gasteiger partial charge in [0.15, 0.2) is 0 Å². The van der Waals surface area contributed by atoms with Gasteiger partial charge in [-0.3, -0.25) is 9.59 Å². The van der Waals surface area contributed by atoms with E-state index in [1.54, 1.807) is 34.9 Å². The largest absolute Gasteiger partial charge is 0.469 e. The van der Waals surface area contributed by atoms with Gasteiger partial charge in [-0.15, -0.1) is 0 Å². The monoisotopic (exact) mass is 339 g/mol. The van der Waals surface area contributed by atoms with Crippen LogP contribution in [0.15, 0.2) is 30.3 Å². The fourth-order valence-electron chi connectivity index (χ4n) is 2.27. The number of hydrogen-bond acceptors (Lipinski definition) is 3. The fourth-order valence-corrected chi connectivity index (χ4v) is 2.73. The topological polar surface area (TPSA) is 48.3 Å². The van der Waals surface area contributed by atoms with Crippen molar-refractivity contribution in [3.8, 4) is 0 Å². The zero-order valence-electron chi connectivity index (χ0n) is 12.2. The highest BCUT2D eigenvalue weighted by molar-refractivity contribution is 6.32. The molecule has 0 unspecified atom stereocenters. The number of methoxy groups -OCH3 is 1. The molecule has 116 valence electrons. The summed E-state index contributed by atoms with van der Waals surface area (Å²) in [5.41, 5.74) is 1.47. The van der Waals surface area contributed by atoms with E-state index in [1.807, 2.05) is 6.92 Å². The van der Waals surface area contributed by atoms with Crippen LogP contribution in [-0.2, 0) is 22.5 Å². The Morgan fingerprint density at radius 2 is 1.95 bits per heavy atom. The van der Waals surface area contributed by atoms with Gasteiger partial charge in [-0.05, 0) is 25.1 Å². The van der Waals surface area contributed by atoms with Crippen LogP contribution in [0.25, 0.3) is 0 Å². The second-order valence-corrected chi connectivity index (χ2v) is 5.50. The van der Waals surface area contributed by atoms with Gasteiger partial charge in [-0.1, -0.05) is 35.3 Å². The van der Waals surface area contributed by atoms with Crippen LogP contribution in [0.4, 0.5) is 0 Å². The molecule has 0 bridgehead atoms. The maximum atomic E-state index is 12.6. The third kappa shape index (κ3) is 3.34. The standard InChI is InChI=1S/C16H15Cl2NO3/c1-3-19-13(9-15(20)22-2)12(18)8-14(19)16(21)10-5-4-6-11(17)7-10/h4-8H,3,9H2,1-2H3. The maximum Gasteiger partial charge on any atom is 0.311 e. The Balaban J connectivity index is 2.45. The van der Waals surface area contributed by atoms with Gasteiger partial charge in [0.1, 0.15) is 0 Å². The lowest BCUT2D eigenvalue weighted by atomic mass is 10.1. The second-order valence-electron chi connectivity index (χ2n) is 4.66. The number of esters is 1. The molecule has 0 radical (unpaired) electrons. The number of carbonyl (C=O) groups is 2. The molecule has 2 aromatic rings. The van der Waals surface area contributed by atoms with E-state index >= 15 is 0 Å². The van der Waals surface area contributed by atoms with Crippen molar-refractivity contribution >= 4 is 35.0 Å². The van der Waals surface area contributed by atoms with Gasteiger partial charge in [0, 0.05) is 22.8 Å². The van der Waals surface area contributed by atoms with E-state index in [2.05, 4.69) is 4.74 Å². The Bertz CT molecular complexity index is 722. The molecule has 0 aliphatic heterocycles. The average Bonchev–Trinajstić information content (AvgIpc) is 2.82. The van der Waals surface area contributed by atoms with E-state index in [0.717, 1.165) is 0 Å². The van der Waals surface area contributed by atoms with Crippen LogP contribution in [-0.4, -0.2) is 23.4 Å². The van der Waals surface area contributed by atoms with Crippen LogP contribution in [0.1, 0.15) is 28.7 Å². The first-order chi connectivity index (χ1) is 10.5. The normalized spacial score (nSPS) is 10.5. The van der Waals surface area contributed by atoms with Gasteiger partial charge in [-0.25, -0.2) is 0 Å². The number of benzene rings is 1. The summed E-state index contributed by atoms with van der Waals surface area (Å²) >= 11 is 12.1. The molecule has 2 rings (SSSR count). The quantitative estimate of drug-likeness (QED) is 0.615. The molecular formula is C16H15Cl2NO3. The number of ketones is 1. The van der Waals surface area contributed by atoms with Crippen LogP contribution in [0.3, 0.4) is 0 Å². The molecule has 0 amide bonds. The van der Waals surface area contributed by atoms with Crippen molar-refractivity contribution in [3.05, 3.63) is 57.3 Å². The van der Waals surface area contributed by atoms with Gasteiger partial charge in [0.05, 0.1) is 24.2 Å². The highest BCUT2D eigenvalue weighted by Gasteiger charge is 2.21. The molecule has 22 heavy (non-hydrogen) atoms. The molecule has 1 aromatic carbocycles. The van der Waals surface area contributed by atoms with Crippen molar-refractivity contribution in [1.82, 2.24) is 4.57 Å². The molecule has 0 spiro atoms. The van der Waals surface area contributed by atoms with Crippen molar-refractivity contribution < 1.29 is 14.3 Å². The molecule has 6 heteroatoms. The zero-order valence-corrected chi connectivity index (χ0v) is 13.7. The molecule has 0 N–H and O–H groups in total. The van der Waals surface area contributed by atoms with E-state index in [1.165, 1.54) is 7.11 Å². The molecule has 0 saturated carbocycles. The fraction of sp³-hybridized carbons (Fsp3) is 0.250. The van der Waals surface area contributed by atoms with Crippen molar-refractivity contribution in [2.24, 2.45) is 0 Å². The number of carbonyl (C=O) groups excluding carboxylic acids is 2. The van der Waals surface area contributed by atoms with Crippen LogP contribution in [0.5, 0.6) is 0 Å². The van der Waals surface area contributed by atoms with Crippen molar-refractivity contribution in [3.63, 3.8) is 0 Å². The minimum absolute atomic E-state index is 0.0198. The number of nitrogens with zero attached hydrogens (tertiary/aromatic N) is 1. The number of ether oxygens (including phenoxy) is 1. The van der Waals surface area contributed by atoms with E-state index in [9.17, 15) is 9.59 Å². The first kappa shape index (κ1) is 16.6. The molecular weight excluding hydrogens is 325 g/mol. The molecule has 0 saturated heterocycles. The Morgan fingerprint density at radius 3 is 2.55 bits per heavy atom. The Labute approximate surface area is 138 Å².